The van der Waals surface area contributed by atoms with Crippen LogP contribution < -0.4 is 24.8 Å². The summed E-state index contributed by atoms with van der Waals surface area (Å²) in [6.07, 6.45) is 11.0. The molecule has 0 amide bonds. The maximum absolute atomic E-state index is 3.67. The van der Waals surface area contributed by atoms with Gasteiger partial charge in [-0.15, -0.1) is 17.5 Å². The van der Waals surface area contributed by atoms with Gasteiger partial charge in [-0.05, 0) is 28.4 Å². The van der Waals surface area contributed by atoms with Crippen molar-refractivity contribution in [3.05, 3.63) is 155 Å². The van der Waals surface area contributed by atoms with Crippen molar-refractivity contribution in [2.75, 3.05) is 0 Å². The molecule has 0 unspecified atom stereocenters. The number of halogens is 2. The van der Waals surface area contributed by atoms with Crippen molar-refractivity contribution in [3.8, 4) is 11.1 Å². The maximum atomic E-state index is 3.67. The second-order valence-electron chi connectivity index (χ2n) is 12.4. The van der Waals surface area contributed by atoms with E-state index >= 15 is 0 Å². The van der Waals surface area contributed by atoms with Gasteiger partial charge in [0.05, 0.1) is 0 Å². The van der Waals surface area contributed by atoms with Gasteiger partial charge in [0.2, 0.25) is 0 Å². The Morgan fingerprint density at radius 1 is 0.690 bits per heavy atom. The summed E-state index contributed by atoms with van der Waals surface area (Å²) in [6.45, 7) is 13.6. The predicted octanol–water partition coefficient (Wildman–Crippen LogP) is 3.77. The Morgan fingerprint density at radius 2 is 1.26 bits per heavy atom. The molecule has 0 fully saturated rings. The number of hydrogen-bond donors (Lipinski definition) is 0. The van der Waals surface area contributed by atoms with Crippen LogP contribution >= 0.6 is 0 Å². The molecule has 0 saturated carbocycles. The summed E-state index contributed by atoms with van der Waals surface area (Å²) < 4.78 is 1.33. The molecule has 0 N–H and O–H groups in total. The fourth-order valence-electron chi connectivity index (χ4n) is 4.74. The van der Waals surface area contributed by atoms with E-state index in [0.717, 1.165) is 12.8 Å². The Bertz CT molecular complexity index is 1390. The topological polar surface area (TPSA) is 0 Å². The fraction of sp³-hybridized carbons (Fsp3) is 0.256. The van der Waals surface area contributed by atoms with E-state index in [2.05, 4.69) is 159 Å². The molecule has 0 aliphatic heterocycles. The summed E-state index contributed by atoms with van der Waals surface area (Å²) in [7, 11) is 0. The molecule has 6 rings (SSSR count). The van der Waals surface area contributed by atoms with E-state index in [1.165, 1.54) is 48.3 Å². The monoisotopic (exact) mass is 626 g/mol. The molecule has 0 nitrogen and oxygen atoms in total. The van der Waals surface area contributed by atoms with Crippen molar-refractivity contribution < 1.29 is 44.8 Å². The summed E-state index contributed by atoms with van der Waals surface area (Å²) in [5.41, 5.74) is 11.3. The zero-order valence-corrected chi connectivity index (χ0v) is 28.6. The van der Waals surface area contributed by atoms with Crippen molar-refractivity contribution in [1.29, 1.82) is 0 Å². The quantitative estimate of drug-likeness (QED) is 0.207. The Hall–Kier alpha value is -2.48. The molecular weight excluding hydrogens is 587 g/mol. The van der Waals surface area contributed by atoms with Gasteiger partial charge in [0.15, 0.2) is 0 Å². The van der Waals surface area contributed by atoms with E-state index in [0.29, 0.717) is 0 Å². The van der Waals surface area contributed by atoms with Gasteiger partial charge in [-0.3, -0.25) is 6.08 Å². The van der Waals surface area contributed by atoms with Gasteiger partial charge >= 0.3 is 95.6 Å². The Balaban J connectivity index is 0.000000253. The third-order valence-corrected chi connectivity index (χ3v) is 8.08. The van der Waals surface area contributed by atoms with Gasteiger partial charge in [0.25, 0.3) is 0 Å². The van der Waals surface area contributed by atoms with Crippen LogP contribution in [-0.4, -0.2) is 3.81 Å². The van der Waals surface area contributed by atoms with Crippen LogP contribution in [0.1, 0.15) is 81.3 Å². The third kappa shape index (κ3) is 9.52. The van der Waals surface area contributed by atoms with Gasteiger partial charge in [-0.25, -0.2) is 12.2 Å². The minimum atomic E-state index is 0. The Morgan fingerprint density at radius 3 is 1.71 bits per heavy atom. The van der Waals surface area contributed by atoms with Crippen LogP contribution in [0.25, 0.3) is 11.1 Å². The molecule has 4 aromatic carbocycles. The van der Waals surface area contributed by atoms with Crippen LogP contribution in [0.4, 0.5) is 0 Å². The van der Waals surface area contributed by atoms with Gasteiger partial charge < -0.3 is 24.8 Å². The average molecular weight is 628 g/mol. The minimum absolute atomic E-state index is 0. The molecule has 42 heavy (non-hydrogen) atoms. The predicted molar refractivity (Wildman–Crippen MR) is 169 cm³/mol. The molecule has 0 aromatic heterocycles. The number of fused-ring (bicyclic) bond motifs is 3. The number of hydrogen-bond acceptors (Lipinski definition) is 0. The van der Waals surface area contributed by atoms with E-state index in [9.17, 15) is 0 Å². The van der Waals surface area contributed by atoms with Crippen molar-refractivity contribution in [2.24, 2.45) is 0 Å². The molecule has 0 atom stereocenters. The van der Waals surface area contributed by atoms with Crippen LogP contribution in [0, 0.1) is 12.1 Å². The Labute approximate surface area is 278 Å². The second kappa shape index (κ2) is 15.8. The molecule has 0 heterocycles. The molecule has 2 aliphatic carbocycles. The van der Waals surface area contributed by atoms with E-state index in [1.807, 2.05) is 24.3 Å². The van der Waals surface area contributed by atoms with Gasteiger partial charge in [0, 0.05) is 0 Å². The molecule has 4 aromatic rings. The molecule has 0 saturated heterocycles. The van der Waals surface area contributed by atoms with E-state index < -0.39 is 0 Å². The van der Waals surface area contributed by atoms with Crippen molar-refractivity contribution in [3.63, 3.8) is 0 Å². The standard InChI is InChI=1S/C21H25.C13H10.C5H5.2ClH.Ti/c1-20(2,3)16-7-9-18-14(12-16)11-15-13-17(21(4,5)6)8-10-19(15)18;1-3-7-12(8-4-1)11-13-9-5-2-6-10-13;1-2-4-5-3-1;;;/h7-10,12H,11H2,1-6H3;1-10H;1-3H,4H2;2*1H;/q-1;;-1;;;+2/p-2. The van der Waals surface area contributed by atoms with Crippen LogP contribution in [0.3, 0.4) is 0 Å². The number of benzene rings is 4. The summed E-state index contributed by atoms with van der Waals surface area (Å²) in [6, 6.07) is 36.1. The van der Waals surface area contributed by atoms with Crippen LogP contribution in [0.15, 0.2) is 109 Å². The molecule has 216 valence electrons. The summed E-state index contributed by atoms with van der Waals surface area (Å²) in [5, 5.41) is 0. The summed E-state index contributed by atoms with van der Waals surface area (Å²) >= 11 is 2.16. The number of rotatable bonds is 2. The third-order valence-electron chi connectivity index (χ3n) is 7.17. The van der Waals surface area contributed by atoms with Gasteiger partial charge in [-0.1, -0.05) is 65.3 Å². The summed E-state index contributed by atoms with van der Waals surface area (Å²) in [5.74, 6) is 0. The molecule has 0 radical (unpaired) electrons. The van der Waals surface area contributed by atoms with Gasteiger partial charge in [0.1, 0.15) is 0 Å². The van der Waals surface area contributed by atoms with Crippen molar-refractivity contribution >= 4 is 3.81 Å². The van der Waals surface area contributed by atoms with E-state index in [-0.39, 0.29) is 35.6 Å². The summed E-state index contributed by atoms with van der Waals surface area (Å²) in [4.78, 5) is 0. The van der Waals surface area contributed by atoms with Crippen molar-refractivity contribution in [1.82, 2.24) is 0 Å². The zero-order valence-electron chi connectivity index (χ0n) is 25.6. The van der Waals surface area contributed by atoms with E-state index in [1.54, 1.807) is 0 Å². The van der Waals surface area contributed by atoms with Crippen LogP contribution in [-0.2, 0) is 37.2 Å². The first-order chi connectivity index (χ1) is 19.0. The first-order valence-electron chi connectivity index (χ1n) is 14.1. The molecule has 3 heteroatoms. The number of allylic oxidation sites excluding steroid dienone is 4. The zero-order chi connectivity index (χ0) is 28.8. The van der Waals surface area contributed by atoms with Gasteiger partial charge in [-0.2, -0.15) is 29.8 Å². The first kappa shape index (κ1) is 35.7. The molecular formula is C39H40Cl2Ti-2. The molecule has 0 spiro atoms. The second-order valence-corrected chi connectivity index (χ2v) is 13.2. The fourth-order valence-corrected chi connectivity index (χ4v) is 5.26. The van der Waals surface area contributed by atoms with Crippen LogP contribution in [0.2, 0.25) is 0 Å². The Kier molecular flexibility index (Phi) is 13.5. The van der Waals surface area contributed by atoms with E-state index in [4.69, 9.17) is 0 Å². The van der Waals surface area contributed by atoms with Crippen LogP contribution in [0.5, 0.6) is 0 Å². The van der Waals surface area contributed by atoms with Crippen molar-refractivity contribution in [2.45, 2.75) is 65.2 Å². The average Bonchev–Trinajstić information content (AvgIpc) is 3.64. The molecule has 0 bridgehead atoms. The first-order valence-corrected chi connectivity index (χ1v) is 14.9. The molecule has 2 aliphatic rings. The SMILES string of the molecule is CC(C)(C)c1[c-]c2c(cc1)-c1ccc(C(C)(C)C)cc1C2.[C-]1=CC=CC1.[Cl-].[Cl-].[Ti+2]=[C](c1ccccc1)c1ccccc1. The normalized spacial score (nSPS) is 12.4.